The second-order valence-electron chi connectivity index (χ2n) is 4.69. The lowest BCUT2D eigenvalue weighted by molar-refractivity contribution is -0.146. The normalized spacial score (nSPS) is 19.5. The zero-order valence-electron chi connectivity index (χ0n) is 11.0. The molecule has 0 aliphatic carbocycles. The molecule has 2 rings (SSSR count). The molecule has 3 heteroatoms. The Morgan fingerprint density at radius 1 is 1.33 bits per heavy atom. The third-order valence-corrected chi connectivity index (χ3v) is 3.36. The van der Waals surface area contributed by atoms with E-state index in [4.69, 9.17) is 4.74 Å². The molecule has 0 saturated carbocycles. The van der Waals surface area contributed by atoms with Gasteiger partial charge in [-0.15, -0.1) is 0 Å². The van der Waals surface area contributed by atoms with E-state index in [2.05, 4.69) is 12.1 Å². The molecule has 0 bridgehead atoms. The maximum absolute atomic E-state index is 12.3. The summed E-state index contributed by atoms with van der Waals surface area (Å²) >= 11 is 0. The topological polar surface area (TPSA) is 29.5 Å². The number of amides is 1. The van der Waals surface area contributed by atoms with Crippen molar-refractivity contribution < 1.29 is 9.53 Å². The number of nitrogens with zero attached hydrogens (tertiary/aromatic N) is 1. The molecule has 1 saturated heterocycles. The van der Waals surface area contributed by atoms with Gasteiger partial charge in [-0.1, -0.05) is 30.3 Å². The van der Waals surface area contributed by atoms with Gasteiger partial charge in [0.15, 0.2) is 0 Å². The van der Waals surface area contributed by atoms with Gasteiger partial charge in [0.05, 0.1) is 0 Å². The molecule has 0 radical (unpaired) electrons. The summed E-state index contributed by atoms with van der Waals surface area (Å²) in [6, 6.07) is 10.1. The van der Waals surface area contributed by atoms with E-state index in [1.54, 1.807) is 0 Å². The number of hydrogen-bond acceptors (Lipinski definition) is 2. The lowest BCUT2D eigenvalue weighted by Crippen LogP contribution is -2.41. The zero-order valence-corrected chi connectivity index (χ0v) is 11.0. The molecule has 3 nitrogen and oxygen atoms in total. The van der Waals surface area contributed by atoms with E-state index >= 15 is 0 Å². The number of carbonyl (C=O) groups is 1. The first-order valence-corrected chi connectivity index (χ1v) is 6.75. The van der Waals surface area contributed by atoms with Crippen molar-refractivity contribution in [2.75, 3.05) is 13.2 Å². The largest absolute Gasteiger partial charge is 0.368 e. The average Bonchev–Trinajstić information content (AvgIpc) is 2.46. The molecular weight excluding hydrogens is 226 g/mol. The molecule has 1 aromatic rings. The highest BCUT2D eigenvalue weighted by molar-refractivity contribution is 5.81. The minimum absolute atomic E-state index is 0.140. The Morgan fingerprint density at radius 3 is 2.72 bits per heavy atom. The van der Waals surface area contributed by atoms with Gasteiger partial charge in [0.2, 0.25) is 0 Å². The lowest BCUT2D eigenvalue weighted by atomic mass is 10.1. The minimum atomic E-state index is -0.220. The minimum Gasteiger partial charge on any atom is -0.368 e. The molecular formula is C15H21NO2. The maximum Gasteiger partial charge on any atom is 0.251 e. The van der Waals surface area contributed by atoms with Gasteiger partial charge in [-0.2, -0.15) is 0 Å². The van der Waals surface area contributed by atoms with Crippen LogP contribution in [0.5, 0.6) is 0 Å². The Hall–Kier alpha value is -1.35. The zero-order chi connectivity index (χ0) is 12.8. The van der Waals surface area contributed by atoms with E-state index in [1.807, 2.05) is 30.0 Å². The van der Waals surface area contributed by atoms with E-state index < -0.39 is 0 Å². The van der Waals surface area contributed by atoms with E-state index in [-0.39, 0.29) is 12.0 Å². The van der Waals surface area contributed by atoms with Crippen LogP contribution in [-0.4, -0.2) is 30.1 Å². The SMILES string of the molecule is CCN(Cc1ccccc1)C(=O)C1CCCCO1. The summed E-state index contributed by atoms with van der Waals surface area (Å²) in [7, 11) is 0. The molecule has 1 aliphatic heterocycles. The molecule has 1 amide bonds. The second kappa shape index (κ2) is 6.55. The van der Waals surface area contributed by atoms with Gasteiger partial charge in [0.25, 0.3) is 5.91 Å². The Labute approximate surface area is 109 Å². The quantitative estimate of drug-likeness (QED) is 0.818. The summed E-state index contributed by atoms with van der Waals surface area (Å²) in [5.41, 5.74) is 1.17. The van der Waals surface area contributed by atoms with Crippen LogP contribution in [0.3, 0.4) is 0 Å². The molecule has 18 heavy (non-hydrogen) atoms. The van der Waals surface area contributed by atoms with E-state index in [9.17, 15) is 4.79 Å². The van der Waals surface area contributed by atoms with E-state index in [1.165, 1.54) is 5.56 Å². The van der Waals surface area contributed by atoms with Gasteiger partial charge in [-0.05, 0) is 31.7 Å². The van der Waals surface area contributed by atoms with E-state index in [0.29, 0.717) is 6.54 Å². The smallest absolute Gasteiger partial charge is 0.251 e. The van der Waals surface area contributed by atoms with Crippen molar-refractivity contribution in [1.29, 1.82) is 0 Å². The third-order valence-electron chi connectivity index (χ3n) is 3.36. The molecule has 0 N–H and O–H groups in total. The number of likely N-dealkylation sites (N-methyl/N-ethyl adjacent to an activating group) is 1. The Balaban J connectivity index is 1.97. The van der Waals surface area contributed by atoms with Crippen molar-refractivity contribution in [2.24, 2.45) is 0 Å². The van der Waals surface area contributed by atoms with Gasteiger partial charge in [-0.25, -0.2) is 0 Å². The van der Waals surface area contributed by atoms with Crippen molar-refractivity contribution in [3.63, 3.8) is 0 Å². The Kier molecular flexibility index (Phi) is 4.76. The summed E-state index contributed by atoms with van der Waals surface area (Å²) in [4.78, 5) is 14.2. The first-order chi connectivity index (χ1) is 8.81. The molecule has 1 aromatic carbocycles. The van der Waals surface area contributed by atoms with Crippen LogP contribution < -0.4 is 0 Å². The molecule has 98 valence electrons. The lowest BCUT2D eigenvalue weighted by Gasteiger charge is -2.28. The van der Waals surface area contributed by atoms with Crippen LogP contribution in [0.2, 0.25) is 0 Å². The predicted molar refractivity (Wildman–Crippen MR) is 71.1 cm³/mol. The fourth-order valence-corrected chi connectivity index (χ4v) is 2.29. The highest BCUT2D eigenvalue weighted by Crippen LogP contribution is 2.16. The van der Waals surface area contributed by atoms with Crippen LogP contribution in [-0.2, 0) is 16.1 Å². The third kappa shape index (κ3) is 3.33. The Morgan fingerprint density at radius 2 is 2.11 bits per heavy atom. The number of rotatable bonds is 4. The number of benzene rings is 1. The molecule has 0 spiro atoms. The van der Waals surface area contributed by atoms with Crippen LogP contribution in [0.15, 0.2) is 30.3 Å². The summed E-state index contributed by atoms with van der Waals surface area (Å²) in [6.45, 7) is 4.15. The van der Waals surface area contributed by atoms with Crippen molar-refractivity contribution in [1.82, 2.24) is 4.90 Å². The molecule has 1 unspecified atom stereocenters. The second-order valence-corrected chi connectivity index (χ2v) is 4.69. The highest BCUT2D eigenvalue weighted by atomic mass is 16.5. The fraction of sp³-hybridized carbons (Fsp3) is 0.533. The van der Waals surface area contributed by atoms with Crippen molar-refractivity contribution >= 4 is 5.91 Å². The van der Waals surface area contributed by atoms with Crippen LogP contribution in [0.1, 0.15) is 31.7 Å². The number of ether oxygens (including phenoxy) is 1. The summed E-state index contributed by atoms with van der Waals surface area (Å²) in [5.74, 6) is 0.140. The summed E-state index contributed by atoms with van der Waals surface area (Å²) < 4.78 is 5.57. The first kappa shape index (κ1) is 13.1. The van der Waals surface area contributed by atoms with Crippen molar-refractivity contribution in [3.8, 4) is 0 Å². The molecule has 1 fully saturated rings. The predicted octanol–water partition coefficient (Wildman–Crippen LogP) is 2.60. The average molecular weight is 247 g/mol. The number of carbonyl (C=O) groups excluding carboxylic acids is 1. The summed E-state index contributed by atoms with van der Waals surface area (Å²) in [6.07, 6.45) is 2.82. The van der Waals surface area contributed by atoms with Crippen LogP contribution in [0.4, 0.5) is 0 Å². The number of hydrogen-bond donors (Lipinski definition) is 0. The van der Waals surface area contributed by atoms with Crippen molar-refractivity contribution in [3.05, 3.63) is 35.9 Å². The standard InChI is InChI=1S/C15H21NO2/c1-2-16(12-13-8-4-3-5-9-13)15(17)14-10-6-7-11-18-14/h3-5,8-9,14H,2,6-7,10-12H2,1H3. The highest BCUT2D eigenvalue weighted by Gasteiger charge is 2.25. The molecule has 1 aliphatic rings. The molecule has 0 aromatic heterocycles. The van der Waals surface area contributed by atoms with Gasteiger partial charge in [-0.3, -0.25) is 4.79 Å². The fourth-order valence-electron chi connectivity index (χ4n) is 2.29. The van der Waals surface area contributed by atoms with Crippen LogP contribution in [0.25, 0.3) is 0 Å². The first-order valence-electron chi connectivity index (χ1n) is 6.75. The van der Waals surface area contributed by atoms with Crippen LogP contribution in [0, 0.1) is 0 Å². The monoisotopic (exact) mass is 247 g/mol. The van der Waals surface area contributed by atoms with Gasteiger partial charge >= 0.3 is 0 Å². The van der Waals surface area contributed by atoms with Gasteiger partial charge in [0.1, 0.15) is 6.10 Å². The van der Waals surface area contributed by atoms with Gasteiger partial charge < -0.3 is 9.64 Å². The molecule has 1 heterocycles. The maximum atomic E-state index is 12.3. The molecule has 1 atom stereocenters. The van der Waals surface area contributed by atoms with Gasteiger partial charge in [0, 0.05) is 19.7 Å². The van der Waals surface area contributed by atoms with Crippen molar-refractivity contribution in [2.45, 2.75) is 38.8 Å². The summed E-state index contributed by atoms with van der Waals surface area (Å²) in [5, 5.41) is 0. The Bertz CT molecular complexity index is 371. The van der Waals surface area contributed by atoms with E-state index in [0.717, 1.165) is 32.4 Å². The van der Waals surface area contributed by atoms with Crippen LogP contribution >= 0.6 is 0 Å².